The fraction of sp³-hybridized carbons (Fsp3) is 0.286. The summed E-state index contributed by atoms with van der Waals surface area (Å²) in [6, 6.07) is 12.4. The van der Waals surface area contributed by atoms with Crippen molar-refractivity contribution in [1.82, 2.24) is 5.32 Å². The van der Waals surface area contributed by atoms with Gasteiger partial charge in [0.15, 0.2) is 0 Å². The minimum atomic E-state index is -1.02. The van der Waals surface area contributed by atoms with Crippen LogP contribution in [-0.4, -0.2) is 23.0 Å². The van der Waals surface area contributed by atoms with Crippen molar-refractivity contribution in [2.45, 2.75) is 38.6 Å². The summed E-state index contributed by atoms with van der Waals surface area (Å²) in [5.74, 6) is -1.46. The molecule has 148 valence electrons. The lowest BCUT2D eigenvalue weighted by Gasteiger charge is -2.22. The normalized spacial score (nSPS) is 12.1. The van der Waals surface area contributed by atoms with Crippen LogP contribution in [0.3, 0.4) is 0 Å². The number of carboxylic acids is 1. The van der Waals surface area contributed by atoms with Crippen LogP contribution in [0.25, 0.3) is 0 Å². The first-order valence-corrected chi connectivity index (χ1v) is 8.86. The molecule has 2 rings (SSSR count). The maximum atomic E-state index is 12.6. The van der Waals surface area contributed by atoms with Gasteiger partial charge in [-0.2, -0.15) is 0 Å². The molecule has 2 aromatic rings. The number of urea groups is 1. The van der Waals surface area contributed by atoms with Crippen LogP contribution in [0.5, 0.6) is 0 Å². The van der Waals surface area contributed by atoms with Gasteiger partial charge < -0.3 is 21.5 Å². The number of primary amides is 1. The number of amides is 3. The molecule has 28 heavy (non-hydrogen) atoms. The van der Waals surface area contributed by atoms with Gasteiger partial charge in [-0.1, -0.05) is 51.1 Å². The highest BCUT2D eigenvalue weighted by Crippen LogP contribution is 2.25. The minimum absolute atomic E-state index is 0.0298. The van der Waals surface area contributed by atoms with E-state index in [4.69, 9.17) is 5.73 Å². The summed E-state index contributed by atoms with van der Waals surface area (Å²) in [5, 5.41) is 14.4. The van der Waals surface area contributed by atoms with Crippen molar-refractivity contribution in [3.05, 3.63) is 65.2 Å². The lowest BCUT2D eigenvalue weighted by molar-refractivity contribution is -0.137. The van der Waals surface area contributed by atoms with Gasteiger partial charge in [-0.15, -0.1) is 0 Å². The van der Waals surface area contributed by atoms with Crippen molar-refractivity contribution in [2.75, 3.05) is 5.32 Å². The molecule has 0 aliphatic rings. The van der Waals surface area contributed by atoms with E-state index in [0.717, 1.165) is 5.56 Å². The summed E-state index contributed by atoms with van der Waals surface area (Å²) in [6.45, 7) is 6.27. The molecule has 0 saturated heterocycles. The molecule has 1 unspecified atom stereocenters. The van der Waals surface area contributed by atoms with E-state index in [1.54, 1.807) is 18.2 Å². The molecule has 0 radical (unpaired) electrons. The molecule has 5 N–H and O–H groups in total. The average Bonchev–Trinajstić information content (AvgIpc) is 2.60. The number of hydrogen-bond acceptors (Lipinski definition) is 3. The van der Waals surface area contributed by atoms with E-state index in [9.17, 15) is 19.5 Å². The van der Waals surface area contributed by atoms with Gasteiger partial charge in [-0.3, -0.25) is 9.59 Å². The van der Waals surface area contributed by atoms with Gasteiger partial charge in [0, 0.05) is 11.3 Å². The predicted molar refractivity (Wildman–Crippen MR) is 107 cm³/mol. The Morgan fingerprint density at radius 1 is 1.07 bits per heavy atom. The summed E-state index contributed by atoms with van der Waals surface area (Å²) in [4.78, 5) is 34.9. The zero-order chi connectivity index (χ0) is 20.9. The van der Waals surface area contributed by atoms with Gasteiger partial charge in [-0.25, -0.2) is 4.79 Å². The molecule has 0 aliphatic heterocycles. The Bertz CT molecular complexity index is 870. The van der Waals surface area contributed by atoms with E-state index < -0.39 is 23.9 Å². The highest BCUT2D eigenvalue weighted by molar-refractivity contribution is 5.97. The summed E-state index contributed by atoms with van der Waals surface area (Å²) in [5.41, 5.74) is 7.54. The molecule has 0 saturated carbocycles. The van der Waals surface area contributed by atoms with Gasteiger partial charge in [0.2, 0.25) is 0 Å². The van der Waals surface area contributed by atoms with Gasteiger partial charge in [-0.05, 0) is 34.7 Å². The molecule has 0 fully saturated rings. The Kier molecular flexibility index (Phi) is 6.41. The summed E-state index contributed by atoms with van der Waals surface area (Å²) in [6.07, 6.45) is -0.250. The molecular weight excluding hydrogens is 358 g/mol. The first-order valence-electron chi connectivity index (χ1n) is 8.86. The van der Waals surface area contributed by atoms with E-state index in [1.165, 1.54) is 6.07 Å². The number of nitrogens with two attached hydrogens (primary N) is 1. The van der Waals surface area contributed by atoms with Crippen LogP contribution in [0.1, 0.15) is 54.7 Å². The number of benzene rings is 2. The third-order valence-corrected chi connectivity index (χ3v) is 4.26. The Morgan fingerprint density at radius 2 is 1.71 bits per heavy atom. The van der Waals surface area contributed by atoms with Crippen molar-refractivity contribution in [3.63, 3.8) is 0 Å². The van der Waals surface area contributed by atoms with E-state index in [0.29, 0.717) is 11.3 Å². The lowest BCUT2D eigenvalue weighted by Crippen LogP contribution is -2.30. The standard InChI is InChI=1S/C21H25N3O4/c1-21(2,3)15-9-7-13(8-10-15)17(12-18(25)26)24-19(27)14-5-4-6-16(11-14)23-20(22)28/h4-11,17H,12H2,1-3H3,(H,24,27)(H,25,26)(H3,22,23,28). The number of carbonyl (C=O) groups excluding carboxylic acids is 2. The fourth-order valence-electron chi connectivity index (χ4n) is 2.76. The maximum Gasteiger partial charge on any atom is 0.316 e. The molecule has 2 aromatic carbocycles. The third kappa shape index (κ3) is 5.84. The molecule has 0 heterocycles. The second-order valence-corrected chi connectivity index (χ2v) is 7.57. The molecule has 0 bridgehead atoms. The first kappa shape index (κ1) is 21.0. The number of anilines is 1. The highest BCUT2D eigenvalue weighted by Gasteiger charge is 2.20. The Morgan fingerprint density at radius 3 is 2.25 bits per heavy atom. The van der Waals surface area contributed by atoms with E-state index in [2.05, 4.69) is 31.4 Å². The van der Waals surface area contributed by atoms with E-state index >= 15 is 0 Å². The topological polar surface area (TPSA) is 122 Å². The fourth-order valence-corrected chi connectivity index (χ4v) is 2.76. The Balaban J connectivity index is 2.23. The zero-order valence-electron chi connectivity index (χ0n) is 16.2. The molecule has 0 aliphatic carbocycles. The number of carboxylic acid groups (broad SMARTS) is 1. The quantitative estimate of drug-likeness (QED) is 0.610. The van der Waals surface area contributed by atoms with Crippen LogP contribution in [0, 0.1) is 0 Å². The van der Waals surface area contributed by atoms with Crippen LogP contribution >= 0.6 is 0 Å². The van der Waals surface area contributed by atoms with E-state index in [1.807, 2.05) is 24.3 Å². The molecule has 0 aromatic heterocycles. The van der Waals surface area contributed by atoms with Crippen LogP contribution in [0.15, 0.2) is 48.5 Å². The highest BCUT2D eigenvalue weighted by atomic mass is 16.4. The number of nitrogens with one attached hydrogen (secondary N) is 2. The number of carbonyl (C=O) groups is 3. The number of aliphatic carboxylic acids is 1. The maximum absolute atomic E-state index is 12.6. The van der Waals surface area contributed by atoms with Crippen LogP contribution in [-0.2, 0) is 10.2 Å². The number of rotatable bonds is 6. The Hall–Kier alpha value is -3.35. The van der Waals surface area contributed by atoms with Crippen LogP contribution in [0.2, 0.25) is 0 Å². The summed E-state index contributed by atoms with van der Waals surface area (Å²) < 4.78 is 0. The van der Waals surface area contributed by atoms with Crippen LogP contribution in [0.4, 0.5) is 10.5 Å². The molecule has 7 nitrogen and oxygen atoms in total. The molecule has 1 atom stereocenters. The summed E-state index contributed by atoms with van der Waals surface area (Å²) in [7, 11) is 0. The monoisotopic (exact) mass is 383 g/mol. The van der Waals surface area contributed by atoms with Gasteiger partial charge >= 0.3 is 12.0 Å². The molecular formula is C21H25N3O4. The first-order chi connectivity index (χ1) is 13.1. The Labute approximate surface area is 163 Å². The van der Waals surface area contributed by atoms with Crippen molar-refractivity contribution in [2.24, 2.45) is 5.73 Å². The second-order valence-electron chi connectivity index (χ2n) is 7.57. The summed E-state index contributed by atoms with van der Waals surface area (Å²) >= 11 is 0. The zero-order valence-corrected chi connectivity index (χ0v) is 16.2. The predicted octanol–water partition coefficient (Wildman–Crippen LogP) is 3.42. The molecule has 7 heteroatoms. The average molecular weight is 383 g/mol. The van der Waals surface area contributed by atoms with Crippen molar-refractivity contribution in [1.29, 1.82) is 0 Å². The largest absolute Gasteiger partial charge is 0.481 e. The van der Waals surface area contributed by atoms with Gasteiger partial charge in [0.25, 0.3) is 5.91 Å². The second kappa shape index (κ2) is 8.56. The van der Waals surface area contributed by atoms with E-state index in [-0.39, 0.29) is 17.4 Å². The van der Waals surface area contributed by atoms with Crippen LogP contribution < -0.4 is 16.4 Å². The van der Waals surface area contributed by atoms with Gasteiger partial charge in [0.1, 0.15) is 0 Å². The lowest BCUT2D eigenvalue weighted by atomic mass is 9.86. The molecule has 3 amide bonds. The van der Waals surface area contributed by atoms with Crippen molar-refractivity contribution >= 4 is 23.6 Å². The minimum Gasteiger partial charge on any atom is -0.481 e. The molecule has 0 spiro atoms. The number of hydrogen-bond donors (Lipinski definition) is 4. The van der Waals surface area contributed by atoms with Crippen molar-refractivity contribution in [3.8, 4) is 0 Å². The van der Waals surface area contributed by atoms with Crippen molar-refractivity contribution < 1.29 is 19.5 Å². The smallest absolute Gasteiger partial charge is 0.316 e. The third-order valence-electron chi connectivity index (χ3n) is 4.26. The SMILES string of the molecule is CC(C)(C)c1ccc(C(CC(=O)O)NC(=O)c2cccc(NC(N)=O)c2)cc1. The van der Waals surface area contributed by atoms with Gasteiger partial charge in [0.05, 0.1) is 12.5 Å².